The fourth-order valence-electron chi connectivity index (χ4n) is 4.87. The van der Waals surface area contributed by atoms with Crippen molar-refractivity contribution in [2.24, 2.45) is 17.8 Å². The van der Waals surface area contributed by atoms with Crippen molar-refractivity contribution in [1.82, 2.24) is 19.6 Å². The minimum atomic E-state index is -4.55. The Labute approximate surface area is 130 Å². The first-order valence-electron chi connectivity index (χ1n) is 8.00. The second kappa shape index (κ2) is 4.15. The molecule has 5 nitrogen and oxygen atoms in total. The number of fused-ring (bicyclic) bond motifs is 6. The molecular formula is C15H16F3N5. The Balaban J connectivity index is 1.60. The smallest absolute Gasteiger partial charge is 0.352 e. The van der Waals surface area contributed by atoms with E-state index in [-0.39, 0.29) is 5.78 Å². The molecule has 0 N–H and O–H groups in total. The van der Waals surface area contributed by atoms with Gasteiger partial charge in [0.15, 0.2) is 0 Å². The summed E-state index contributed by atoms with van der Waals surface area (Å²) >= 11 is 0. The van der Waals surface area contributed by atoms with Crippen molar-refractivity contribution in [3.8, 4) is 0 Å². The Morgan fingerprint density at radius 1 is 1.17 bits per heavy atom. The molecule has 0 radical (unpaired) electrons. The van der Waals surface area contributed by atoms with E-state index in [0.29, 0.717) is 29.4 Å². The summed E-state index contributed by atoms with van der Waals surface area (Å²) in [7, 11) is 0. The molecule has 2 saturated carbocycles. The summed E-state index contributed by atoms with van der Waals surface area (Å²) in [6.07, 6.45) is -0.736. The molecule has 2 bridgehead atoms. The molecule has 0 unspecified atom stereocenters. The number of aryl methyl sites for hydroxylation is 1. The standard InChI is InChI=1S/C15H16F3N5/c1-7-4-11(22-6-10-8-2-3-9(5-8)12(10)22)23-14(19-7)20-13(21-23)15(16,17)18/h4,8-10,12H,2-3,5-6H2,1H3/t8-,9-,10+,12+/m0/s1. The van der Waals surface area contributed by atoms with E-state index in [1.165, 1.54) is 23.8 Å². The Hall–Kier alpha value is -1.86. The number of halogens is 3. The molecular weight excluding hydrogens is 307 g/mol. The molecule has 3 aliphatic rings. The summed E-state index contributed by atoms with van der Waals surface area (Å²) in [4.78, 5) is 9.89. The maximum absolute atomic E-state index is 12.9. The minimum absolute atomic E-state index is 0.0268. The lowest BCUT2D eigenvalue weighted by atomic mass is 9.77. The van der Waals surface area contributed by atoms with Crippen LogP contribution in [0.5, 0.6) is 0 Å². The van der Waals surface area contributed by atoms with Crippen LogP contribution >= 0.6 is 0 Å². The molecule has 3 fully saturated rings. The summed E-state index contributed by atoms with van der Waals surface area (Å²) in [6.45, 7) is 2.69. The fourth-order valence-corrected chi connectivity index (χ4v) is 4.87. The van der Waals surface area contributed by atoms with Crippen LogP contribution in [0.3, 0.4) is 0 Å². The molecule has 0 spiro atoms. The lowest BCUT2D eigenvalue weighted by Crippen LogP contribution is -2.59. The Bertz CT molecular complexity index is 796. The van der Waals surface area contributed by atoms with Gasteiger partial charge in [-0.25, -0.2) is 4.98 Å². The first-order valence-corrected chi connectivity index (χ1v) is 8.00. The average Bonchev–Trinajstić information content (AvgIpc) is 3.08. The van der Waals surface area contributed by atoms with Crippen LogP contribution in [0.4, 0.5) is 19.0 Å². The van der Waals surface area contributed by atoms with Crippen LogP contribution in [-0.2, 0) is 6.18 Å². The van der Waals surface area contributed by atoms with Crippen molar-refractivity contribution >= 4 is 11.6 Å². The monoisotopic (exact) mass is 323 g/mol. The van der Waals surface area contributed by atoms with E-state index in [9.17, 15) is 13.2 Å². The number of anilines is 1. The highest BCUT2D eigenvalue weighted by Crippen LogP contribution is 2.56. The Morgan fingerprint density at radius 2 is 1.96 bits per heavy atom. The number of hydrogen-bond acceptors (Lipinski definition) is 4. The SMILES string of the molecule is Cc1cc(N2C[C@@H]3[C@H]4CC[C@@H](C4)[C@H]32)n2nc(C(F)(F)F)nc2n1. The molecule has 122 valence electrons. The maximum Gasteiger partial charge on any atom is 0.453 e. The molecule has 2 aromatic heterocycles. The number of rotatable bonds is 1. The van der Waals surface area contributed by atoms with Crippen LogP contribution < -0.4 is 4.90 Å². The van der Waals surface area contributed by atoms with Crippen LogP contribution in [0.25, 0.3) is 5.78 Å². The van der Waals surface area contributed by atoms with Gasteiger partial charge in [-0.2, -0.15) is 22.7 Å². The molecule has 3 heterocycles. The van der Waals surface area contributed by atoms with Gasteiger partial charge in [0.1, 0.15) is 5.82 Å². The molecule has 5 rings (SSSR count). The van der Waals surface area contributed by atoms with Gasteiger partial charge in [0.25, 0.3) is 11.6 Å². The zero-order valence-electron chi connectivity index (χ0n) is 12.6. The number of hydrogen-bond donors (Lipinski definition) is 0. The molecule has 1 saturated heterocycles. The van der Waals surface area contributed by atoms with E-state index >= 15 is 0 Å². The van der Waals surface area contributed by atoms with Crippen LogP contribution in [-0.4, -0.2) is 32.2 Å². The molecule has 8 heteroatoms. The van der Waals surface area contributed by atoms with Gasteiger partial charge in [-0.1, -0.05) is 0 Å². The van der Waals surface area contributed by atoms with Gasteiger partial charge in [-0.15, -0.1) is 5.10 Å². The van der Waals surface area contributed by atoms with Gasteiger partial charge < -0.3 is 4.90 Å². The first-order chi connectivity index (χ1) is 10.9. The summed E-state index contributed by atoms with van der Waals surface area (Å²) in [5.41, 5.74) is 0.667. The van der Waals surface area contributed by atoms with Crippen molar-refractivity contribution in [3.63, 3.8) is 0 Å². The molecule has 0 aromatic carbocycles. The summed E-state index contributed by atoms with van der Waals surface area (Å²) in [6, 6.07) is 2.28. The van der Waals surface area contributed by atoms with Gasteiger partial charge in [-0.05, 0) is 43.9 Å². The first kappa shape index (κ1) is 13.6. The van der Waals surface area contributed by atoms with Crippen LogP contribution in [0.15, 0.2) is 6.07 Å². The second-order valence-corrected chi connectivity index (χ2v) is 7.04. The van der Waals surface area contributed by atoms with E-state index < -0.39 is 12.0 Å². The van der Waals surface area contributed by atoms with Gasteiger partial charge in [-0.3, -0.25) is 0 Å². The van der Waals surface area contributed by atoms with Gasteiger partial charge in [0, 0.05) is 24.3 Å². The highest BCUT2D eigenvalue weighted by molar-refractivity contribution is 5.52. The highest BCUT2D eigenvalue weighted by atomic mass is 19.4. The third-order valence-corrected chi connectivity index (χ3v) is 5.78. The third-order valence-electron chi connectivity index (χ3n) is 5.78. The zero-order valence-corrected chi connectivity index (χ0v) is 12.6. The molecule has 1 aliphatic heterocycles. The minimum Gasteiger partial charge on any atom is -0.352 e. The van der Waals surface area contributed by atoms with Crippen molar-refractivity contribution in [2.75, 3.05) is 11.4 Å². The quantitative estimate of drug-likeness (QED) is 0.809. The van der Waals surface area contributed by atoms with E-state index in [1.807, 2.05) is 6.07 Å². The fraction of sp³-hybridized carbons (Fsp3) is 0.667. The van der Waals surface area contributed by atoms with E-state index in [4.69, 9.17) is 0 Å². The van der Waals surface area contributed by atoms with Gasteiger partial charge in [0.2, 0.25) is 0 Å². The Morgan fingerprint density at radius 3 is 2.70 bits per heavy atom. The predicted molar refractivity (Wildman–Crippen MR) is 76.0 cm³/mol. The maximum atomic E-state index is 12.9. The number of alkyl halides is 3. The van der Waals surface area contributed by atoms with Gasteiger partial charge >= 0.3 is 6.18 Å². The highest BCUT2D eigenvalue weighted by Gasteiger charge is 2.57. The van der Waals surface area contributed by atoms with E-state index in [1.54, 1.807) is 6.92 Å². The molecule has 4 atom stereocenters. The van der Waals surface area contributed by atoms with E-state index in [2.05, 4.69) is 20.0 Å². The van der Waals surface area contributed by atoms with Crippen LogP contribution in [0, 0.1) is 24.7 Å². The molecule has 2 aliphatic carbocycles. The summed E-state index contributed by atoms with van der Waals surface area (Å²) in [5.74, 6) is 1.78. The molecule has 2 aromatic rings. The third kappa shape index (κ3) is 1.77. The Kier molecular flexibility index (Phi) is 2.45. The predicted octanol–water partition coefficient (Wildman–Crippen LogP) is 2.69. The lowest BCUT2D eigenvalue weighted by molar-refractivity contribution is -0.144. The summed E-state index contributed by atoms with van der Waals surface area (Å²) in [5, 5.41) is 3.68. The summed E-state index contributed by atoms with van der Waals surface area (Å²) < 4.78 is 40.0. The van der Waals surface area contributed by atoms with Crippen LogP contribution in [0.2, 0.25) is 0 Å². The largest absolute Gasteiger partial charge is 0.453 e. The van der Waals surface area contributed by atoms with Crippen molar-refractivity contribution in [3.05, 3.63) is 17.6 Å². The number of nitrogens with zero attached hydrogens (tertiary/aromatic N) is 5. The van der Waals surface area contributed by atoms with E-state index in [0.717, 1.165) is 12.5 Å². The lowest BCUT2D eigenvalue weighted by Gasteiger charge is -2.51. The second-order valence-electron chi connectivity index (χ2n) is 7.04. The number of aromatic nitrogens is 4. The van der Waals surface area contributed by atoms with Crippen LogP contribution in [0.1, 0.15) is 30.8 Å². The molecule has 0 amide bonds. The van der Waals surface area contributed by atoms with Gasteiger partial charge in [0.05, 0.1) is 0 Å². The van der Waals surface area contributed by atoms with Crippen molar-refractivity contribution < 1.29 is 13.2 Å². The average molecular weight is 323 g/mol. The van der Waals surface area contributed by atoms with Crippen molar-refractivity contribution in [2.45, 2.75) is 38.4 Å². The van der Waals surface area contributed by atoms with Crippen molar-refractivity contribution in [1.29, 1.82) is 0 Å². The normalized spacial score (nSPS) is 32.4. The zero-order chi connectivity index (χ0) is 15.9. The molecule has 23 heavy (non-hydrogen) atoms. The topological polar surface area (TPSA) is 46.3 Å².